The van der Waals surface area contributed by atoms with E-state index in [2.05, 4.69) is 5.32 Å². The molecule has 0 aromatic heterocycles. The van der Waals surface area contributed by atoms with E-state index >= 15 is 0 Å². The highest BCUT2D eigenvalue weighted by Crippen LogP contribution is 2.12. The third-order valence-corrected chi connectivity index (χ3v) is 2.89. The quantitative estimate of drug-likeness (QED) is 0.555. The number of aldehydes is 1. The fraction of sp³-hybridized carbons (Fsp3) is 0.333. The van der Waals surface area contributed by atoms with E-state index in [1.54, 1.807) is 6.92 Å². The fourth-order valence-electron chi connectivity index (χ4n) is 1.67. The van der Waals surface area contributed by atoms with E-state index in [1.165, 1.54) is 24.3 Å². The molecule has 0 bridgehead atoms. The number of carbonyl (C=O) groups excluding carboxylic acids is 3. The van der Waals surface area contributed by atoms with Gasteiger partial charge in [-0.15, -0.1) is 0 Å². The molecule has 0 spiro atoms. The van der Waals surface area contributed by atoms with E-state index in [-0.39, 0.29) is 25.2 Å². The van der Waals surface area contributed by atoms with Gasteiger partial charge in [-0.05, 0) is 12.1 Å². The van der Waals surface area contributed by atoms with Crippen molar-refractivity contribution in [2.24, 2.45) is 5.92 Å². The van der Waals surface area contributed by atoms with Crippen LogP contribution in [-0.2, 0) is 9.59 Å². The van der Waals surface area contributed by atoms with Crippen LogP contribution in [0.25, 0.3) is 0 Å². The van der Waals surface area contributed by atoms with E-state index in [1.807, 2.05) is 0 Å². The van der Waals surface area contributed by atoms with Crippen LogP contribution < -0.4 is 5.32 Å². The number of carboxylic acids is 1. The molecule has 1 atom stereocenters. The van der Waals surface area contributed by atoms with Crippen LogP contribution in [0.5, 0.6) is 0 Å². The van der Waals surface area contributed by atoms with Crippen molar-refractivity contribution >= 4 is 23.9 Å². The number of aliphatic carboxylic acids is 1. The average molecular weight is 292 g/mol. The standard InChI is InChI=1S/C15H17NO5/c1-10(7-9-17)14(20)11-2-4-12(5-3-11)15(21)16-8-6-13(18)19/h2-5,9-10H,6-8H2,1H3,(H,16,21)(H,18,19)/t10-/m1/s1/i9D. The van der Waals surface area contributed by atoms with Gasteiger partial charge in [0.15, 0.2) is 5.78 Å². The van der Waals surface area contributed by atoms with E-state index < -0.39 is 24.1 Å². The van der Waals surface area contributed by atoms with Gasteiger partial charge >= 0.3 is 5.97 Å². The lowest BCUT2D eigenvalue weighted by atomic mass is 9.96. The first-order valence-electron chi connectivity index (χ1n) is 6.95. The first-order chi connectivity index (χ1) is 10.3. The molecule has 0 unspecified atom stereocenters. The molecule has 112 valence electrons. The molecule has 0 heterocycles. The topological polar surface area (TPSA) is 101 Å². The SMILES string of the molecule is [2H]C(=O)C[C@@H](C)C(=O)c1ccc(C(=O)NCCC(=O)O)cc1. The van der Waals surface area contributed by atoms with Crippen molar-refractivity contribution in [3.8, 4) is 0 Å². The van der Waals surface area contributed by atoms with E-state index in [0.29, 0.717) is 11.1 Å². The number of rotatable bonds is 8. The Morgan fingerprint density at radius 2 is 1.86 bits per heavy atom. The maximum atomic E-state index is 12.0. The Labute approximate surface area is 123 Å². The van der Waals surface area contributed by atoms with Gasteiger partial charge in [0.2, 0.25) is 0 Å². The zero-order valence-corrected chi connectivity index (χ0v) is 11.6. The first kappa shape index (κ1) is 14.9. The summed E-state index contributed by atoms with van der Waals surface area (Å²) in [5, 5.41) is 10.9. The van der Waals surface area contributed by atoms with Crippen molar-refractivity contribution in [3.63, 3.8) is 0 Å². The molecular weight excluding hydrogens is 274 g/mol. The molecule has 1 aromatic carbocycles. The molecule has 21 heavy (non-hydrogen) atoms. The van der Waals surface area contributed by atoms with Gasteiger partial charge in [-0.25, -0.2) is 0 Å². The molecule has 2 N–H and O–H groups in total. The highest BCUT2D eigenvalue weighted by molar-refractivity contribution is 6.00. The Kier molecular flexibility index (Phi) is 5.63. The lowest BCUT2D eigenvalue weighted by Gasteiger charge is -2.08. The minimum absolute atomic E-state index is 0.0253. The van der Waals surface area contributed by atoms with Crippen LogP contribution in [0.15, 0.2) is 24.3 Å². The Morgan fingerprint density at radius 1 is 1.29 bits per heavy atom. The number of hydrogen-bond donors (Lipinski definition) is 2. The number of nitrogens with one attached hydrogen (secondary N) is 1. The van der Waals surface area contributed by atoms with Gasteiger partial charge in [-0.1, -0.05) is 19.1 Å². The van der Waals surface area contributed by atoms with Gasteiger partial charge in [0.25, 0.3) is 5.91 Å². The van der Waals surface area contributed by atoms with Gasteiger partial charge in [-0.3, -0.25) is 14.4 Å². The highest BCUT2D eigenvalue weighted by atomic mass is 16.4. The van der Waals surface area contributed by atoms with Crippen LogP contribution in [0.1, 0.15) is 41.9 Å². The van der Waals surface area contributed by atoms with Crippen molar-refractivity contribution in [2.45, 2.75) is 19.8 Å². The van der Waals surface area contributed by atoms with E-state index in [9.17, 15) is 19.2 Å². The van der Waals surface area contributed by atoms with Crippen LogP contribution in [0.4, 0.5) is 0 Å². The predicted octanol–water partition coefficient (Wildman–Crippen LogP) is 1.30. The minimum atomic E-state index is -1.00. The summed E-state index contributed by atoms with van der Waals surface area (Å²) < 4.78 is 6.86. The number of carbonyl (C=O) groups is 4. The molecule has 6 heteroatoms. The van der Waals surface area contributed by atoms with Crippen LogP contribution in [0.2, 0.25) is 0 Å². The predicted molar refractivity (Wildman–Crippen MR) is 75.2 cm³/mol. The largest absolute Gasteiger partial charge is 0.481 e. The van der Waals surface area contributed by atoms with Crippen molar-refractivity contribution in [2.75, 3.05) is 6.54 Å². The summed E-state index contributed by atoms with van der Waals surface area (Å²) in [5.74, 6) is -2.27. The lowest BCUT2D eigenvalue weighted by Crippen LogP contribution is -2.26. The third-order valence-electron chi connectivity index (χ3n) is 2.89. The van der Waals surface area contributed by atoms with Crippen molar-refractivity contribution < 1.29 is 25.7 Å². The van der Waals surface area contributed by atoms with Crippen LogP contribution >= 0.6 is 0 Å². The second-order valence-corrected chi connectivity index (χ2v) is 4.59. The summed E-state index contributed by atoms with van der Waals surface area (Å²) in [7, 11) is 0. The number of Topliss-reactive ketones (excluding diaryl/α,β-unsaturated/α-hetero) is 1. The highest BCUT2D eigenvalue weighted by Gasteiger charge is 2.15. The molecule has 0 aliphatic rings. The third kappa shape index (κ3) is 5.18. The van der Waals surface area contributed by atoms with Crippen molar-refractivity contribution in [3.05, 3.63) is 35.4 Å². The van der Waals surface area contributed by atoms with Crippen LogP contribution in [-0.4, -0.2) is 35.6 Å². The average Bonchev–Trinajstić information content (AvgIpc) is 2.45. The summed E-state index contributed by atoms with van der Waals surface area (Å²) in [6.07, 6.45) is -1.10. The molecule has 0 radical (unpaired) electrons. The summed E-state index contributed by atoms with van der Waals surface area (Å²) in [5.41, 5.74) is 0.669. The van der Waals surface area contributed by atoms with Gasteiger partial charge in [0, 0.05) is 30.0 Å². The Hall–Kier alpha value is -2.50. The Balaban J connectivity index is 2.65. The normalized spacial score (nSPS) is 12.1. The van der Waals surface area contributed by atoms with Gasteiger partial charge in [0.05, 0.1) is 6.42 Å². The van der Waals surface area contributed by atoms with Gasteiger partial charge in [0.1, 0.15) is 7.63 Å². The molecule has 1 amide bonds. The van der Waals surface area contributed by atoms with E-state index in [0.717, 1.165) is 0 Å². The number of amides is 1. The first-order valence-corrected chi connectivity index (χ1v) is 6.45. The van der Waals surface area contributed by atoms with Crippen molar-refractivity contribution in [1.29, 1.82) is 0 Å². The summed E-state index contributed by atoms with van der Waals surface area (Å²) in [6, 6.07) is 5.86. The van der Waals surface area contributed by atoms with Crippen LogP contribution in [0.3, 0.4) is 0 Å². The summed E-state index contributed by atoms with van der Waals surface area (Å²) in [4.78, 5) is 44.8. The number of carboxylic acid groups (broad SMARTS) is 1. The zero-order chi connectivity index (χ0) is 16.7. The molecule has 0 fully saturated rings. The molecule has 1 aromatic rings. The molecule has 0 aliphatic heterocycles. The summed E-state index contributed by atoms with van der Waals surface area (Å²) in [6.45, 7) is 1.60. The molecule has 0 aliphatic carbocycles. The fourth-order valence-corrected chi connectivity index (χ4v) is 1.67. The second kappa shape index (κ2) is 7.94. The molecule has 0 saturated heterocycles. The number of hydrogen-bond acceptors (Lipinski definition) is 4. The maximum absolute atomic E-state index is 12.0. The number of benzene rings is 1. The Bertz CT molecular complexity index is 582. The maximum Gasteiger partial charge on any atom is 0.305 e. The monoisotopic (exact) mass is 292 g/mol. The van der Waals surface area contributed by atoms with Gasteiger partial charge < -0.3 is 15.2 Å². The smallest absolute Gasteiger partial charge is 0.305 e. The number of ketones is 1. The van der Waals surface area contributed by atoms with Crippen molar-refractivity contribution in [1.82, 2.24) is 5.32 Å². The summed E-state index contributed by atoms with van der Waals surface area (Å²) >= 11 is 0. The molecular formula is C15H17NO5. The Morgan fingerprint density at radius 3 is 2.38 bits per heavy atom. The lowest BCUT2D eigenvalue weighted by molar-refractivity contribution is -0.136. The second-order valence-electron chi connectivity index (χ2n) is 4.59. The minimum Gasteiger partial charge on any atom is -0.481 e. The molecule has 1 rings (SSSR count). The zero-order valence-electron chi connectivity index (χ0n) is 12.6. The molecule has 6 nitrogen and oxygen atoms in total. The molecule has 0 saturated carbocycles. The van der Waals surface area contributed by atoms with Gasteiger partial charge in [-0.2, -0.15) is 0 Å². The van der Waals surface area contributed by atoms with Crippen LogP contribution in [0, 0.1) is 5.92 Å². The van der Waals surface area contributed by atoms with E-state index in [4.69, 9.17) is 6.48 Å².